The van der Waals surface area contributed by atoms with Crippen LogP contribution in [0, 0.1) is 13.8 Å². The molecule has 0 atom stereocenters. The summed E-state index contributed by atoms with van der Waals surface area (Å²) < 4.78 is 19.1. The fourth-order valence-electron chi connectivity index (χ4n) is 5.31. The second-order valence-electron chi connectivity index (χ2n) is 10.3. The van der Waals surface area contributed by atoms with E-state index in [1.807, 2.05) is 75.4 Å². The first kappa shape index (κ1) is 26.7. The molecule has 4 aromatic rings. The Bertz CT molecular complexity index is 1510. The maximum absolute atomic E-state index is 13.7. The zero-order chi connectivity index (χ0) is 27.6. The average Bonchev–Trinajstić information content (AvgIpc) is 3.18. The Morgan fingerprint density at radius 3 is 2.36 bits per heavy atom. The van der Waals surface area contributed by atoms with Crippen molar-refractivity contribution in [1.29, 1.82) is 0 Å². The molecule has 0 bridgehead atoms. The summed E-state index contributed by atoms with van der Waals surface area (Å²) in [6, 6.07) is 21.8. The van der Waals surface area contributed by atoms with E-state index in [0.29, 0.717) is 43.7 Å². The normalized spacial score (nSPS) is 14.2. The number of hydrogen-bond donors (Lipinski definition) is 0. The van der Waals surface area contributed by atoms with Crippen LogP contribution in [0.2, 0.25) is 0 Å². The monoisotopic (exact) mass is 525 g/mol. The second-order valence-corrected chi connectivity index (χ2v) is 10.3. The van der Waals surface area contributed by atoms with Gasteiger partial charge in [0.15, 0.2) is 11.4 Å². The van der Waals surface area contributed by atoms with E-state index in [1.165, 1.54) is 0 Å². The van der Waals surface area contributed by atoms with Crippen LogP contribution >= 0.6 is 0 Å². The van der Waals surface area contributed by atoms with Crippen LogP contribution in [0.15, 0.2) is 66.7 Å². The highest BCUT2D eigenvalue weighted by Gasteiger charge is 2.46. The van der Waals surface area contributed by atoms with E-state index in [-0.39, 0.29) is 11.8 Å². The highest BCUT2D eigenvalue weighted by Crippen LogP contribution is 2.38. The summed E-state index contributed by atoms with van der Waals surface area (Å²) in [6.45, 7) is 7.09. The van der Waals surface area contributed by atoms with Crippen molar-refractivity contribution in [2.24, 2.45) is 0 Å². The minimum Gasteiger partial charge on any atom is -0.497 e. The van der Waals surface area contributed by atoms with Crippen molar-refractivity contribution in [2.45, 2.75) is 58.8 Å². The fourth-order valence-corrected chi connectivity index (χ4v) is 5.31. The largest absolute Gasteiger partial charge is 0.497 e. The van der Waals surface area contributed by atoms with Gasteiger partial charge in [-0.2, -0.15) is 0 Å². The van der Waals surface area contributed by atoms with Crippen molar-refractivity contribution in [1.82, 2.24) is 4.57 Å². The maximum atomic E-state index is 13.7. The number of nitrogens with zero attached hydrogens (tertiary/aromatic N) is 1. The first-order valence-electron chi connectivity index (χ1n) is 13.5. The van der Waals surface area contributed by atoms with Gasteiger partial charge in [0.1, 0.15) is 5.75 Å². The predicted molar refractivity (Wildman–Crippen MR) is 151 cm³/mol. The van der Waals surface area contributed by atoms with Gasteiger partial charge in [0.05, 0.1) is 31.4 Å². The molecule has 6 nitrogen and oxygen atoms in total. The molecule has 1 saturated carbocycles. The van der Waals surface area contributed by atoms with Gasteiger partial charge in [-0.25, -0.2) is 4.79 Å². The van der Waals surface area contributed by atoms with E-state index >= 15 is 0 Å². The highest BCUT2D eigenvalue weighted by molar-refractivity contribution is 6.17. The van der Waals surface area contributed by atoms with Crippen molar-refractivity contribution in [3.8, 4) is 5.75 Å². The number of ketones is 1. The first-order valence-corrected chi connectivity index (χ1v) is 13.5. The number of rotatable bonds is 10. The molecule has 0 spiro atoms. The summed E-state index contributed by atoms with van der Waals surface area (Å²) in [4.78, 5) is 26.2. The number of esters is 1. The quantitative estimate of drug-likeness (QED) is 0.174. The van der Waals surface area contributed by atoms with Gasteiger partial charge in [-0.3, -0.25) is 4.79 Å². The smallest absolute Gasteiger partial charge is 0.338 e. The van der Waals surface area contributed by atoms with Gasteiger partial charge >= 0.3 is 5.97 Å². The second kappa shape index (κ2) is 11.1. The van der Waals surface area contributed by atoms with Gasteiger partial charge in [0.2, 0.25) is 0 Å². The molecule has 0 unspecified atom stereocenters. The van der Waals surface area contributed by atoms with Crippen LogP contribution in [0.4, 0.5) is 0 Å². The van der Waals surface area contributed by atoms with Crippen LogP contribution < -0.4 is 4.74 Å². The Kier molecular flexibility index (Phi) is 7.58. The molecule has 1 aliphatic carbocycles. The molecule has 0 aliphatic heterocycles. The molecule has 0 amide bonds. The number of hydrogen-bond acceptors (Lipinski definition) is 5. The summed E-state index contributed by atoms with van der Waals surface area (Å²) in [5, 5.41) is 0.903. The Hall–Kier alpha value is -3.90. The molecule has 1 heterocycles. The minimum absolute atomic E-state index is 0.00771. The molecule has 0 saturated heterocycles. The number of fused-ring (bicyclic) bond motifs is 1. The molecular formula is C33H35NO5. The molecule has 39 heavy (non-hydrogen) atoms. The van der Waals surface area contributed by atoms with E-state index in [1.54, 1.807) is 7.11 Å². The number of aromatic nitrogens is 1. The van der Waals surface area contributed by atoms with E-state index in [4.69, 9.17) is 14.2 Å². The number of aryl methyl sites for hydroxylation is 1. The fraction of sp³-hybridized carbons (Fsp3) is 0.333. The minimum atomic E-state index is -0.818. The van der Waals surface area contributed by atoms with Gasteiger partial charge in [0, 0.05) is 29.3 Å². The molecule has 3 aromatic carbocycles. The van der Waals surface area contributed by atoms with Crippen molar-refractivity contribution in [3.05, 3.63) is 100 Å². The number of carbonyl (C=O) groups excluding carboxylic acids is 2. The van der Waals surface area contributed by atoms with Crippen molar-refractivity contribution in [2.75, 3.05) is 13.7 Å². The van der Waals surface area contributed by atoms with Crippen LogP contribution in [0.1, 0.15) is 64.5 Å². The molecule has 1 aliphatic rings. The zero-order valence-corrected chi connectivity index (χ0v) is 23.1. The number of benzene rings is 3. The molecular weight excluding hydrogens is 490 g/mol. The van der Waals surface area contributed by atoms with Crippen LogP contribution in [-0.2, 0) is 27.4 Å². The maximum Gasteiger partial charge on any atom is 0.338 e. The topological polar surface area (TPSA) is 66.8 Å². The van der Waals surface area contributed by atoms with Crippen LogP contribution in [0.3, 0.4) is 0 Å². The molecule has 0 N–H and O–H groups in total. The summed E-state index contributed by atoms with van der Waals surface area (Å²) in [7, 11) is 1.65. The molecule has 202 valence electrons. The summed E-state index contributed by atoms with van der Waals surface area (Å²) in [5.41, 5.74) is 5.59. The van der Waals surface area contributed by atoms with Crippen LogP contribution in [-0.4, -0.2) is 35.6 Å². The molecule has 0 radical (unpaired) electrons. The van der Waals surface area contributed by atoms with Crippen molar-refractivity contribution < 1.29 is 23.8 Å². The van der Waals surface area contributed by atoms with Gasteiger partial charge in [-0.15, -0.1) is 0 Å². The van der Waals surface area contributed by atoms with Gasteiger partial charge in [0.25, 0.3) is 0 Å². The lowest BCUT2D eigenvalue weighted by Gasteiger charge is -2.38. The lowest BCUT2D eigenvalue weighted by molar-refractivity contribution is -0.187. The van der Waals surface area contributed by atoms with Crippen molar-refractivity contribution >= 4 is 22.7 Å². The Morgan fingerprint density at radius 1 is 0.949 bits per heavy atom. The third kappa shape index (κ3) is 5.21. The van der Waals surface area contributed by atoms with Gasteiger partial charge in [-0.05, 0) is 63.3 Å². The van der Waals surface area contributed by atoms with Gasteiger partial charge < -0.3 is 18.8 Å². The first-order chi connectivity index (χ1) is 18.8. The molecule has 6 heteroatoms. The Morgan fingerprint density at radius 2 is 1.69 bits per heavy atom. The standard InChI is InChI=1S/C33H35NO5/c1-5-38-32(36)33(16-7-17-33)39-21-25-9-6-8-24(18-25)20-34-23(3)30(28-15-14-27(37-4)19-29(28)34)31(35)26-12-10-22(2)11-13-26/h6,8-15,18-19H,5,7,16-17,20-21H2,1-4H3. The van der Waals surface area contributed by atoms with Crippen LogP contribution in [0.25, 0.3) is 10.9 Å². The lowest BCUT2D eigenvalue weighted by atomic mass is 9.80. The third-order valence-corrected chi connectivity index (χ3v) is 7.73. The third-order valence-electron chi connectivity index (χ3n) is 7.73. The highest BCUT2D eigenvalue weighted by atomic mass is 16.6. The summed E-state index contributed by atoms with van der Waals surface area (Å²) >= 11 is 0. The molecule has 5 rings (SSSR count). The van der Waals surface area contributed by atoms with E-state index < -0.39 is 5.60 Å². The van der Waals surface area contributed by atoms with E-state index in [0.717, 1.165) is 45.5 Å². The van der Waals surface area contributed by atoms with E-state index in [9.17, 15) is 9.59 Å². The zero-order valence-electron chi connectivity index (χ0n) is 23.1. The van der Waals surface area contributed by atoms with E-state index in [2.05, 4.69) is 16.7 Å². The summed E-state index contributed by atoms with van der Waals surface area (Å²) in [5.74, 6) is 0.484. The SMILES string of the molecule is CCOC(=O)C1(OCc2cccc(Cn3c(C)c(C(=O)c4ccc(C)cc4)c4ccc(OC)cc43)c2)CCC1. The molecule has 1 aromatic heterocycles. The Labute approximate surface area is 229 Å². The molecule has 1 fully saturated rings. The average molecular weight is 526 g/mol. The predicted octanol–water partition coefficient (Wildman–Crippen LogP) is 6.55. The van der Waals surface area contributed by atoms with Crippen LogP contribution in [0.5, 0.6) is 5.75 Å². The number of carbonyl (C=O) groups is 2. The lowest BCUT2D eigenvalue weighted by Crippen LogP contribution is -2.48. The van der Waals surface area contributed by atoms with Gasteiger partial charge in [-0.1, -0.05) is 54.1 Å². The summed E-state index contributed by atoms with van der Waals surface area (Å²) in [6.07, 6.45) is 2.35. The number of methoxy groups -OCH3 is 1. The number of ether oxygens (including phenoxy) is 3. The van der Waals surface area contributed by atoms with Crippen molar-refractivity contribution in [3.63, 3.8) is 0 Å². The Balaban J connectivity index is 1.45.